The van der Waals surface area contributed by atoms with Crippen LogP contribution in [0.3, 0.4) is 0 Å². The number of benzene rings is 5. The number of amides is 2. The highest BCUT2D eigenvalue weighted by molar-refractivity contribution is 5.93. The molecular weight excluding hydrogens is 592 g/mol. The summed E-state index contributed by atoms with van der Waals surface area (Å²) in [6.07, 6.45) is 2.95. The topological polar surface area (TPSA) is 111 Å². The molecule has 0 bridgehead atoms. The van der Waals surface area contributed by atoms with E-state index in [0.717, 1.165) is 27.8 Å². The highest BCUT2D eigenvalue weighted by Gasteiger charge is 2.10. The Kier molecular flexibility index (Phi) is 11.1. The Morgan fingerprint density at radius 3 is 1.36 bits per heavy atom. The molecule has 5 aromatic rings. The highest BCUT2D eigenvalue weighted by atomic mass is 16.5. The van der Waals surface area contributed by atoms with Gasteiger partial charge in [0.05, 0.1) is 19.5 Å². The van der Waals surface area contributed by atoms with E-state index >= 15 is 0 Å². The first-order valence-corrected chi connectivity index (χ1v) is 14.9. The minimum atomic E-state index is -0.418. The van der Waals surface area contributed by atoms with E-state index in [-0.39, 0.29) is 13.2 Å². The van der Waals surface area contributed by atoms with Crippen molar-refractivity contribution in [1.82, 2.24) is 10.9 Å². The number of hydrogen-bond donors (Lipinski definition) is 2. The average Bonchev–Trinajstić information content (AvgIpc) is 3.11. The molecule has 236 valence electrons. The molecule has 0 spiro atoms. The van der Waals surface area contributed by atoms with Crippen molar-refractivity contribution in [2.75, 3.05) is 20.3 Å². The lowest BCUT2D eigenvalue weighted by molar-refractivity contribution is -0.123. The summed E-state index contributed by atoms with van der Waals surface area (Å²) in [6, 6.07) is 38.7. The maximum absolute atomic E-state index is 12.4. The van der Waals surface area contributed by atoms with Crippen molar-refractivity contribution in [3.63, 3.8) is 0 Å². The Balaban J connectivity index is 1.10. The molecule has 0 fully saturated rings. The first kappa shape index (κ1) is 32.2. The lowest BCUT2D eigenvalue weighted by Crippen LogP contribution is -2.24. The molecular formula is C38H34N4O5. The molecule has 9 nitrogen and oxygen atoms in total. The van der Waals surface area contributed by atoms with Crippen LogP contribution in [0.1, 0.15) is 16.7 Å². The van der Waals surface area contributed by atoms with Crippen LogP contribution in [-0.2, 0) is 9.59 Å². The van der Waals surface area contributed by atoms with Crippen LogP contribution in [0.5, 0.6) is 17.2 Å². The average molecular weight is 627 g/mol. The van der Waals surface area contributed by atoms with Gasteiger partial charge < -0.3 is 14.2 Å². The number of aryl methyl sites for hydroxylation is 1. The second-order valence-corrected chi connectivity index (χ2v) is 10.4. The predicted octanol–water partition coefficient (Wildman–Crippen LogP) is 6.40. The number of carbonyl (C=O) groups excluding carboxylic acids is 2. The highest BCUT2D eigenvalue weighted by Crippen LogP contribution is 2.24. The van der Waals surface area contributed by atoms with Crippen LogP contribution in [0.4, 0.5) is 0 Å². The van der Waals surface area contributed by atoms with E-state index in [1.807, 2.05) is 128 Å². The number of nitrogens with one attached hydrogen (secondary N) is 2. The van der Waals surface area contributed by atoms with E-state index in [2.05, 4.69) is 21.1 Å². The van der Waals surface area contributed by atoms with Crippen molar-refractivity contribution in [3.8, 4) is 39.5 Å². The molecule has 47 heavy (non-hydrogen) atoms. The van der Waals surface area contributed by atoms with Gasteiger partial charge in [-0.15, -0.1) is 0 Å². The standard InChI is InChI=1S/C38H34N4O5/c1-27-21-32(23-39-41-36(43)25-46-34-17-13-30(14-18-34)28-9-5-3-6-10-28)38(45-2)33(22-27)24-40-42-37(44)26-47-35-19-15-31(16-20-35)29-11-7-4-8-12-29/h3-24H,25-26H2,1-2H3,(H,41,43)(H,42,44). The summed E-state index contributed by atoms with van der Waals surface area (Å²) in [4.78, 5) is 24.7. The summed E-state index contributed by atoms with van der Waals surface area (Å²) in [5, 5.41) is 8.13. The summed E-state index contributed by atoms with van der Waals surface area (Å²) in [6.45, 7) is 1.50. The first-order chi connectivity index (χ1) is 23.0. The normalized spacial score (nSPS) is 10.9. The quantitative estimate of drug-likeness (QED) is 0.116. The Labute approximate surface area is 273 Å². The Hall–Kier alpha value is -6.22. The van der Waals surface area contributed by atoms with Crippen LogP contribution in [0.25, 0.3) is 22.3 Å². The number of rotatable bonds is 13. The fraction of sp³-hybridized carbons (Fsp3) is 0.105. The zero-order chi connectivity index (χ0) is 32.8. The third kappa shape index (κ3) is 9.39. The number of nitrogens with zero attached hydrogens (tertiary/aromatic N) is 2. The third-order valence-electron chi connectivity index (χ3n) is 6.94. The molecule has 0 saturated carbocycles. The molecule has 5 aromatic carbocycles. The summed E-state index contributed by atoms with van der Waals surface area (Å²) in [5.41, 5.74) is 11.4. The van der Waals surface area contributed by atoms with Gasteiger partial charge in [0, 0.05) is 11.1 Å². The van der Waals surface area contributed by atoms with Crippen LogP contribution >= 0.6 is 0 Å². The van der Waals surface area contributed by atoms with E-state index in [0.29, 0.717) is 28.4 Å². The Morgan fingerprint density at radius 1 is 0.596 bits per heavy atom. The number of ether oxygens (including phenoxy) is 3. The van der Waals surface area contributed by atoms with E-state index in [4.69, 9.17) is 14.2 Å². The van der Waals surface area contributed by atoms with Crippen molar-refractivity contribution < 1.29 is 23.8 Å². The van der Waals surface area contributed by atoms with Gasteiger partial charge >= 0.3 is 0 Å². The van der Waals surface area contributed by atoms with Gasteiger partial charge in [-0.1, -0.05) is 84.9 Å². The lowest BCUT2D eigenvalue weighted by atomic mass is 10.1. The van der Waals surface area contributed by atoms with Gasteiger partial charge in [-0.05, 0) is 71.1 Å². The largest absolute Gasteiger partial charge is 0.495 e. The van der Waals surface area contributed by atoms with Gasteiger partial charge in [0.25, 0.3) is 11.8 Å². The summed E-state index contributed by atoms with van der Waals surface area (Å²) in [7, 11) is 1.52. The summed E-state index contributed by atoms with van der Waals surface area (Å²) >= 11 is 0. The maximum Gasteiger partial charge on any atom is 0.277 e. The van der Waals surface area contributed by atoms with Gasteiger partial charge in [-0.2, -0.15) is 10.2 Å². The Bertz CT molecular complexity index is 1710. The van der Waals surface area contributed by atoms with Crippen molar-refractivity contribution in [2.24, 2.45) is 10.2 Å². The van der Waals surface area contributed by atoms with Crippen molar-refractivity contribution in [3.05, 3.63) is 138 Å². The van der Waals surface area contributed by atoms with Gasteiger partial charge in [0.2, 0.25) is 0 Å². The van der Waals surface area contributed by atoms with Crippen molar-refractivity contribution in [1.29, 1.82) is 0 Å². The monoisotopic (exact) mass is 626 g/mol. The molecule has 2 amide bonds. The fourth-order valence-electron chi connectivity index (χ4n) is 4.72. The van der Waals surface area contributed by atoms with Gasteiger partial charge in [0.15, 0.2) is 13.2 Å². The van der Waals surface area contributed by atoms with Crippen LogP contribution < -0.4 is 25.1 Å². The van der Waals surface area contributed by atoms with Crippen molar-refractivity contribution >= 4 is 24.2 Å². The Morgan fingerprint density at radius 2 is 0.979 bits per heavy atom. The van der Waals surface area contributed by atoms with Gasteiger partial charge in [0.1, 0.15) is 17.2 Å². The molecule has 0 aromatic heterocycles. The summed E-state index contributed by atoms with van der Waals surface area (Å²) in [5.74, 6) is 0.780. The second kappa shape index (κ2) is 16.2. The molecule has 9 heteroatoms. The second-order valence-electron chi connectivity index (χ2n) is 10.4. The lowest BCUT2D eigenvalue weighted by Gasteiger charge is -2.10. The smallest absolute Gasteiger partial charge is 0.277 e. The van der Waals surface area contributed by atoms with Gasteiger partial charge in [-0.25, -0.2) is 10.9 Å². The van der Waals surface area contributed by atoms with Crippen molar-refractivity contribution in [2.45, 2.75) is 6.92 Å². The number of methoxy groups -OCH3 is 1. The summed E-state index contributed by atoms with van der Waals surface area (Å²) < 4.78 is 16.8. The fourth-order valence-corrected chi connectivity index (χ4v) is 4.72. The van der Waals surface area contributed by atoms with E-state index < -0.39 is 11.8 Å². The van der Waals surface area contributed by atoms with E-state index in [1.54, 1.807) is 0 Å². The predicted molar refractivity (Wildman–Crippen MR) is 184 cm³/mol. The van der Waals surface area contributed by atoms with E-state index in [9.17, 15) is 9.59 Å². The molecule has 0 atom stereocenters. The van der Waals surface area contributed by atoms with E-state index in [1.165, 1.54) is 19.5 Å². The molecule has 5 rings (SSSR count). The van der Waals surface area contributed by atoms with Crippen LogP contribution in [0, 0.1) is 6.92 Å². The number of carbonyl (C=O) groups is 2. The van der Waals surface area contributed by atoms with Gasteiger partial charge in [-0.3, -0.25) is 9.59 Å². The van der Waals surface area contributed by atoms with Crippen LogP contribution in [0.2, 0.25) is 0 Å². The minimum absolute atomic E-state index is 0.201. The number of hydrogen-bond acceptors (Lipinski definition) is 7. The molecule has 0 aliphatic rings. The molecule has 0 heterocycles. The maximum atomic E-state index is 12.4. The number of hydrazone groups is 2. The zero-order valence-electron chi connectivity index (χ0n) is 26.1. The molecule has 0 aliphatic carbocycles. The third-order valence-corrected chi connectivity index (χ3v) is 6.94. The molecule has 0 aliphatic heterocycles. The minimum Gasteiger partial charge on any atom is -0.495 e. The molecule has 0 saturated heterocycles. The molecule has 0 unspecified atom stereocenters. The molecule has 0 radical (unpaired) electrons. The molecule has 2 N–H and O–H groups in total. The van der Waals surface area contributed by atoms with Crippen LogP contribution in [0.15, 0.2) is 132 Å². The van der Waals surface area contributed by atoms with Crippen LogP contribution in [-0.4, -0.2) is 44.6 Å². The first-order valence-electron chi connectivity index (χ1n) is 14.9. The SMILES string of the molecule is COc1c(C=NNC(=O)COc2ccc(-c3ccccc3)cc2)cc(C)cc1C=NNC(=O)COc1ccc(-c2ccccc2)cc1. The zero-order valence-corrected chi connectivity index (χ0v) is 26.1.